The molecule has 0 unspecified atom stereocenters. The van der Waals surface area contributed by atoms with Gasteiger partial charge in [-0.15, -0.1) is 0 Å². The fraction of sp³-hybridized carbons (Fsp3) is 0.167. The molecule has 0 aliphatic rings. The van der Waals surface area contributed by atoms with E-state index in [4.69, 9.17) is 5.26 Å². The largest absolute Gasteiger partial charge is 0.433 e. The Balaban J connectivity index is 1.69. The molecule has 0 saturated carbocycles. The number of benzene rings is 1. The van der Waals surface area contributed by atoms with Gasteiger partial charge in [-0.25, -0.2) is 4.98 Å². The Morgan fingerprint density at radius 3 is 2.31 bits per heavy atom. The third-order valence-electron chi connectivity index (χ3n) is 4.65. The van der Waals surface area contributed by atoms with Crippen LogP contribution in [0.5, 0.6) is 0 Å². The van der Waals surface area contributed by atoms with Crippen molar-refractivity contribution in [2.75, 3.05) is 10.6 Å². The van der Waals surface area contributed by atoms with Crippen LogP contribution in [0.2, 0.25) is 0 Å². The van der Waals surface area contributed by atoms with Crippen molar-refractivity contribution in [2.45, 2.75) is 26.1 Å². The van der Waals surface area contributed by atoms with Gasteiger partial charge < -0.3 is 10.6 Å². The molecule has 176 valence electrons. The zero-order chi connectivity index (χ0) is 25.0. The minimum absolute atomic E-state index is 0.0156. The van der Waals surface area contributed by atoms with Crippen molar-refractivity contribution < 1.29 is 13.2 Å². The summed E-state index contributed by atoms with van der Waals surface area (Å²) in [6.45, 7) is 3.76. The number of anilines is 3. The van der Waals surface area contributed by atoms with Crippen molar-refractivity contribution >= 4 is 17.6 Å². The van der Waals surface area contributed by atoms with E-state index in [1.165, 1.54) is 12.1 Å². The highest BCUT2D eigenvalue weighted by molar-refractivity contribution is 5.67. The first kappa shape index (κ1) is 23.6. The van der Waals surface area contributed by atoms with Crippen LogP contribution in [0.25, 0.3) is 22.8 Å². The number of hydrogen-bond acceptors (Lipinski definition) is 8. The summed E-state index contributed by atoms with van der Waals surface area (Å²) in [5.41, 5.74) is 1.51. The Morgan fingerprint density at radius 1 is 0.886 bits per heavy atom. The second-order valence-electron chi connectivity index (χ2n) is 7.76. The van der Waals surface area contributed by atoms with Crippen LogP contribution in [-0.4, -0.2) is 31.0 Å². The molecule has 0 fully saturated rings. The smallest absolute Gasteiger partial charge is 0.352 e. The van der Waals surface area contributed by atoms with Crippen LogP contribution >= 0.6 is 0 Å². The predicted octanol–water partition coefficient (Wildman–Crippen LogP) is 5.45. The molecule has 11 heteroatoms. The Hall–Kier alpha value is -4.59. The van der Waals surface area contributed by atoms with Crippen LogP contribution in [0, 0.1) is 11.3 Å². The molecule has 0 aliphatic heterocycles. The van der Waals surface area contributed by atoms with E-state index in [1.54, 1.807) is 42.6 Å². The number of aromatic nitrogens is 5. The fourth-order valence-electron chi connectivity index (χ4n) is 3.10. The molecule has 0 bridgehead atoms. The highest BCUT2D eigenvalue weighted by Crippen LogP contribution is 2.29. The van der Waals surface area contributed by atoms with E-state index in [1.807, 2.05) is 13.8 Å². The lowest BCUT2D eigenvalue weighted by Crippen LogP contribution is -2.15. The molecular formula is C24H19F3N8. The van der Waals surface area contributed by atoms with Crippen molar-refractivity contribution in [1.29, 1.82) is 5.26 Å². The van der Waals surface area contributed by atoms with Gasteiger partial charge in [-0.3, -0.25) is 4.98 Å². The molecule has 0 amide bonds. The quantitative estimate of drug-likeness (QED) is 0.378. The molecule has 35 heavy (non-hydrogen) atoms. The summed E-state index contributed by atoms with van der Waals surface area (Å²) in [4.78, 5) is 20.9. The number of alkyl halides is 3. The Kier molecular flexibility index (Phi) is 6.55. The van der Waals surface area contributed by atoms with Crippen molar-refractivity contribution in [3.05, 3.63) is 72.1 Å². The number of rotatable bonds is 6. The summed E-state index contributed by atoms with van der Waals surface area (Å²) in [6, 6.07) is 16.0. The molecule has 0 atom stereocenters. The van der Waals surface area contributed by atoms with E-state index in [0.717, 1.165) is 11.6 Å². The van der Waals surface area contributed by atoms with E-state index in [-0.39, 0.29) is 29.5 Å². The average molecular weight is 476 g/mol. The molecule has 0 saturated heterocycles. The Labute approximate surface area is 199 Å². The molecule has 2 N–H and O–H groups in total. The van der Waals surface area contributed by atoms with Gasteiger partial charge in [0.15, 0.2) is 5.82 Å². The minimum Gasteiger partial charge on any atom is -0.352 e. The van der Waals surface area contributed by atoms with Crippen LogP contribution in [0.1, 0.15) is 25.1 Å². The van der Waals surface area contributed by atoms with Crippen LogP contribution in [0.15, 0.2) is 60.8 Å². The van der Waals surface area contributed by atoms with Gasteiger partial charge in [-0.1, -0.05) is 18.2 Å². The Morgan fingerprint density at radius 2 is 1.63 bits per heavy atom. The predicted molar refractivity (Wildman–Crippen MR) is 124 cm³/mol. The topological polar surface area (TPSA) is 112 Å². The third kappa shape index (κ3) is 5.86. The summed E-state index contributed by atoms with van der Waals surface area (Å²) in [7, 11) is 0. The van der Waals surface area contributed by atoms with Crippen molar-refractivity contribution in [3.8, 4) is 28.8 Å². The molecule has 4 aromatic rings. The van der Waals surface area contributed by atoms with Gasteiger partial charge in [0.1, 0.15) is 11.4 Å². The third-order valence-corrected chi connectivity index (χ3v) is 4.65. The van der Waals surface area contributed by atoms with E-state index in [9.17, 15) is 13.2 Å². The highest BCUT2D eigenvalue weighted by Gasteiger charge is 2.32. The van der Waals surface area contributed by atoms with Crippen molar-refractivity contribution in [3.63, 3.8) is 0 Å². The molecule has 4 rings (SSSR count). The van der Waals surface area contributed by atoms with Crippen LogP contribution in [0.4, 0.5) is 30.8 Å². The first-order chi connectivity index (χ1) is 16.7. The number of hydrogen-bond donors (Lipinski definition) is 2. The first-order valence-electron chi connectivity index (χ1n) is 10.5. The molecule has 0 spiro atoms. The normalized spacial score (nSPS) is 11.2. The molecule has 1 aromatic carbocycles. The van der Waals surface area contributed by atoms with Gasteiger partial charge in [0, 0.05) is 23.5 Å². The average Bonchev–Trinajstić information content (AvgIpc) is 2.83. The molecule has 8 nitrogen and oxygen atoms in total. The lowest BCUT2D eigenvalue weighted by Gasteiger charge is -2.13. The molecule has 3 heterocycles. The lowest BCUT2D eigenvalue weighted by molar-refractivity contribution is -0.141. The lowest BCUT2D eigenvalue weighted by atomic mass is 10.1. The van der Waals surface area contributed by atoms with Crippen LogP contribution in [0.3, 0.4) is 0 Å². The number of halogens is 3. The van der Waals surface area contributed by atoms with Crippen LogP contribution < -0.4 is 10.6 Å². The van der Waals surface area contributed by atoms with E-state index < -0.39 is 11.9 Å². The minimum atomic E-state index is -4.60. The number of nitrogens with one attached hydrogen (secondary N) is 2. The standard InChI is InChI=1S/C24H19F3N8/c1-14(2)30-22-33-21(18-4-3-5-20(32-18)24(25,26)27)34-23(35-22)31-17-10-11-29-19(12-17)16-8-6-15(13-28)7-9-16/h3-12,14H,1-2H3,(H2,29,30,31,33,34,35). The SMILES string of the molecule is CC(C)Nc1nc(Nc2ccnc(-c3ccc(C#N)cc3)c2)nc(-c2cccc(C(F)(F)F)n2)n1. The number of nitrogens with zero attached hydrogens (tertiary/aromatic N) is 6. The Bertz CT molecular complexity index is 1380. The van der Waals surface area contributed by atoms with Gasteiger partial charge in [0.2, 0.25) is 11.9 Å². The summed E-state index contributed by atoms with van der Waals surface area (Å²) in [6.07, 6.45) is -3.00. The summed E-state index contributed by atoms with van der Waals surface area (Å²) >= 11 is 0. The second kappa shape index (κ2) is 9.72. The van der Waals surface area contributed by atoms with Crippen LogP contribution in [-0.2, 0) is 6.18 Å². The summed E-state index contributed by atoms with van der Waals surface area (Å²) in [5.74, 6) is 0.292. The van der Waals surface area contributed by atoms with E-state index in [2.05, 4.69) is 41.6 Å². The maximum Gasteiger partial charge on any atom is 0.433 e. The van der Waals surface area contributed by atoms with E-state index in [0.29, 0.717) is 16.9 Å². The van der Waals surface area contributed by atoms with Gasteiger partial charge in [0.25, 0.3) is 0 Å². The van der Waals surface area contributed by atoms with Gasteiger partial charge >= 0.3 is 6.18 Å². The van der Waals surface area contributed by atoms with Gasteiger partial charge in [0.05, 0.1) is 17.3 Å². The maximum absolute atomic E-state index is 13.2. The zero-order valence-electron chi connectivity index (χ0n) is 18.7. The zero-order valence-corrected chi connectivity index (χ0v) is 18.7. The van der Waals surface area contributed by atoms with Crippen molar-refractivity contribution in [2.24, 2.45) is 0 Å². The van der Waals surface area contributed by atoms with Crippen molar-refractivity contribution in [1.82, 2.24) is 24.9 Å². The molecule has 0 radical (unpaired) electrons. The van der Waals surface area contributed by atoms with Gasteiger partial charge in [-0.05, 0) is 50.2 Å². The highest BCUT2D eigenvalue weighted by atomic mass is 19.4. The number of nitriles is 1. The van der Waals surface area contributed by atoms with E-state index >= 15 is 0 Å². The molecule has 3 aromatic heterocycles. The summed E-state index contributed by atoms with van der Waals surface area (Å²) < 4.78 is 39.5. The first-order valence-corrected chi connectivity index (χ1v) is 10.5. The maximum atomic E-state index is 13.2. The van der Waals surface area contributed by atoms with Gasteiger partial charge in [-0.2, -0.15) is 33.4 Å². The fourth-order valence-corrected chi connectivity index (χ4v) is 3.10. The second-order valence-corrected chi connectivity index (χ2v) is 7.76. The summed E-state index contributed by atoms with van der Waals surface area (Å²) in [5, 5.41) is 15.1. The molecular weight excluding hydrogens is 457 g/mol. The number of pyridine rings is 2. The monoisotopic (exact) mass is 476 g/mol. The molecule has 0 aliphatic carbocycles.